The number of H-pyrrole nitrogens is 1. The van der Waals surface area contributed by atoms with E-state index in [4.69, 9.17) is 9.94 Å². The first-order valence-corrected chi connectivity index (χ1v) is 12.0. The van der Waals surface area contributed by atoms with Gasteiger partial charge >= 0.3 is 12.4 Å². The average molecular weight is 552 g/mol. The highest BCUT2D eigenvalue weighted by atomic mass is 32.2. The molecule has 0 saturated carbocycles. The summed E-state index contributed by atoms with van der Waals surface area (Å²) in [6.45, 7) is -0.222. The number of ether oxygens (including phenoxy) is 1. The lowest BCUT2D eigenvalue weighted by Gasteiger charge is -2.31. The van der Waals surface area contributed by atoms with Gasteiger partial charge in [-0.05, 0) is 49.2 Å². The van der Waals surface area contributed by atoms with E-state index in [2.05, 4.69) is 4.98 Å². The van der Waals surface area contributed by atoms with E-state index in [9.17, 15) is 39.6 Å². The summed E-state index contributed by atoms with van der Waals surface area (Å²) in [5, 5.41) is 9.10. The standard InChI is InChI=1S/C21H18F6N4O5S/c22-20(23,24)11-1-3-12(4-2-11)36-13-7-9-31(10-8-13)37(34,35)15-6-5-14-17(16(15)18(32)30-33)29-19(28-14)21(25,26)27/h1-6,13,33H,7-10H2,(H,28,29)(H,30,32). The Morgan fingerprint density at radius 2 is 1.65 bits per heavy atom. The number of fused-ring (bicyclic) bond motifs is 1. The fraction of sp³-hybridized carbons (Fsp3) is 0.333. The molecule has 0 radical (unpaired) electrons. The Labute approximate surface area is 205 Å². The monoisotopic (exact) mass is 552 g/mol. The summed E-state index contributed by atoms with van der Waals surface area (Å²) in [5.74, 6) is -2.66. The van der Waals surface area contributed by atoms with Crippen LogP contribution in [0.1, 0.15) is 34.6 Å². The molecule has 37 heavy (non-hydrogen) atoms. The number of rotatable bonds is 5. The molecule has 4 rings (SSSR count). The smallest absolute Gasteiger partial charge is 0.449 e. The summed E-state index contributed by atoms with van der Waals surface area (Å²) in [6, 6.07) is 5.99. The summed E-state index contributed by atoms with van der Waals surface area (Å²) in [4.78, 5) is 16.9. The quantitative estimate of drug-likeness (QED) is 0.250. The second-order valence-electron chi connectivity index (χ2n) is 8.10. The first-order valence-electron chi connectivity index (χ1n) is 10.6. The number of aromatic amines is 1. The number of alkyl halides is 6. The number of sulfonamides is 1. The van der Waals surface area contributed by atoms with Crippen molar-refractivity contribution in [3.63, 3.8) is 0 Å². The lowest BCUT2D eigenvalue weighted by atomic mass is 10.1. The van der Waals surface area contributed by atoms with E-state index >= 15 is 0 Å². The second-order valence-corrected chi connectivity index (χ2v) is 10.0. The number of amides is 1. The average Bonchev–Trinajstić information content (AvgIpc) is 3.28. The van der Waals surface area contributed by atoms with Crippen LogP contribution in [0.25, 0.3) is 11.0 Å². The van der Waals surface area contributed by atoms with Gasteiger partial charge in [-0.1, -0.05) is 0 Å². The van der Waals surface area contributed by atoms with Gasteiger partial charge in [0.25, 0.3) is 5.91 Å². The van der Waals surface area contributed by atoms with Crippen LogP contribution in [0.15, 0.2) is 41.3 Å². The van der Waals surface area contributed by atoms with E-state index in [1.165, 1.54) is 5.48 Å². The Hall–Kier alpha value is -3.37. The minimum atomic E-state index is -4.90. The fourth-order valence-corrected chi connectivity index (χ4v) is 5.58. The zero-order valence-corrected chi connectivity index (χ0v) is 19.3. The number of piperidine rings is 1. The van der Waals surface area contributed by atoms with Gasteiger partial charge < -0.3 is 9.72 Å². The van der Waals surface area contributed by atoms with Gasteiger partial charge in [-0.2, -0.15) is 30.6 Å². The Morgan fingerprint density at radius 3 is 2.19 bits per heavy atom. The van der Waals surface area contributed by atoms with Crippen LogP contribution in [0.4, 0.5) is 26.3 Å². The number of carbonyl (C=O) groups is 1. The topological polar surface area (TPSA) is 125 Å². The first kappa shape index (κ1) is 26.7. The molecule has 200 valence electrons. The molecule has 1 saturated heterocycles. The van der Waals surface area contributed by atoms with Crippen molar-refractivity contribution < 1.29 is 49.5 Å². The number of nitrogens with one attached hydrogen (secondary N) is 2. The number of carbonyl (C=O) groups excluding carboxylic acids is 1. The minimum Gasteiger partial charge on any atom is -0.490 e. The maximum atomic E-state index is 13.3. The largest absolute Gasteiger partial charge is 0.490 e. The van der Waals surface area contributed by atoms with Crippen molar-refractivity contribution in [1.29, 1.82) is 0 Å². The summed E-state index contributed by atoms with van der Waals surface area (Å²) in [5.41, 5.74) is -1.25. The molecule has 2 heterocycles. The predicted octanol–water partition coefficient (Wildman–Crippen LogP) is 3.95. The van der Waals surface area contributed by atoms with Crippen LogP contribution >= 0.6 is 0 Å². The Bertz CT molecular complexity index is 1410. The Balaban J connectivity index is 1.55. The van der Waals surface area contributed by atoms with Gasteiger partial charge in [0.15, 0.2) is 0 Å². The first-order chi connectivity index (χ1) is 17.2. The molecule has 3 aromatic rings. The summed E-state index contributed by atoms with van der Waals surface area (Å²) < 4.78 is 111. The molecule has 0 atom stereocenters. The molecule has 3 N–H and O–H groups in total. The SMILES string of the molecule is O=C(NO)c1c(S(=O)(=O)N2CCC(Oc3ccc(C(F)(F)F)cc3)CC2)ccc2[nH]c(C(F)(F)F)nc12. The molecule has 0 spiro atoms. The second kappa shape index (κ2) is 9.50. The van der Waals surface area contributed by atoms with Gasteiger partial charge in [0.2, 0.25) is 15.8 Å². The van der Waals surface area contributed by atoms with Gasteiger partial charge in [-0.3, -0.25) is 10.0 Å². The van der Waals surface area contributed by atoms with Crippen LogP contribution in [-0.2, 0) is 22.4 Å². The summed E-state index contributed by atoms with van der Waals surface area (Å²) >= 11 is 0. The van der Waals surface area contributed by atoms with Gasteiger partial charge in [-0.25, -0.2) is 18.9 Å². The minimum absolute atomic E-state index is 0.111. The maximum absolute atomic E-state index is 13.3. The van der Waals surface area contributed by atoms with E-state index in [0.717, 1.165) is 40.7 Å². The number of hydrogen-bond donors (Lipinski definition) is 3. The van der Waals surface area contributed by atoms with Crippen molar-refractivity contribution in [3.8, 4) is 5.75 Å². The fourth-order valence-electron chi connectivity index (χ4n) is 3.93. The van der Waals surface area contributed by atoms with Crippen LogP contribution < -0.4 is 10.2 Å². The molecule has 1 aliphatic heterocycles. The van der Waals surface area contributed by atoms with E-state index < -0.39 is 61.8 Å². The van der Waals surface area contributed by atoms with Crippen molar-refractivity contribution >= 4 is 27.0 Å². The molecular weight excluding hydrogens is 534 g/mol. The van der Waals surface area contributed by atoms with Crippen LogP contribution in [0.3, 0.4) is 0 Å². The third kappa shape index (κ3) is 5.35. The molecule has 1 amide bonds. The van der Waals surface area contributed by atoms with E-state index in [0.29, 0.717) is 0 Å². The van der Waals surface area contributed by atoms with Gasteiger partial charge in [-0.15, -0.1) is 0 Å². The predicted molar refractivity (Wildman–Crippen MR) is 114 cm³/mol. The van der Waals surface area contributed by atoms with Gasteiger partial charge in [0.1, 0.15) is 17.4 Å². The third-order valence-electron chi connectivity index (χ3n) is 5.72. The van der Waals surface area contributed by atoms with Crippen LogP contribution in [0, 0.1) is 0 Å². The number of benzene rings is 2. The molecule has 9 nitrogen and oxygen atoms in total. The van der Waals surface area contributed by atoms with Crippen LogP contribution in [-0.4, -0.2) is 53.0 Å². The van der Waals surface area contributed by atoms with Gasteiger partial charge in [0.05, 0.1) is 21.5 Å². The highest BCUT2D eigenvalue weighted by molar-refractivity contribution is 7.89. The van der Waals surface area contributed by atoms with E-state index in [1.807, 2.05) is 4.98 Å². The van der Waals surface area contributed by atoms with Crippen LogP contribution in [0.2, 0.25) is 0 Å². The Kier molecular flexibility index (Phi) is 6.85. The zero-order chi connectivity index (χ0) is 27.2. The number of aromatic nitrogens is 2. The van der Waals surface area contributed by atoms with Crippen molar-refractivity contribution in [3.05, 3.63) is 53.3 Å². The van der Waals surface area contributed by atoms with Crippen molar-refractivity contribution in [2.75, 3.05) is 13.1 Å². The lowest BCUT2D eigenvalue weighted by Crippen LogP contribution is -2.42. The third-order valence-corrected chi connectivity index (χ3v) is 7.66. The number of hydroxylamine groups is 1. The highest BCUT2D eigenvalue weighted by Crippen LogP contribution is 2.34. The van der Waals surface area contributed by atoms with Crippen molar-refractivity contribution in [2.45, 2.75) is 36.2 Å². The lowest BCUT2D eigenvalue weighted by molar-refractivity contribution is -0.144. The number of imidazole rings is 1. The molecule has 1 fully saturated rings. The van der Waals surface area contributed by atoms with E-state index in [-0.39, 0.29) is 37.2 Å². The normalized spacial score (nSPS) is 16.2. The zero-order valence-electron chi connectivity index (χ0n) is 18.5. The highest BCUT2D eigenvalue weighted by Gasteiger charge is 2.38. The number of nitrogens with zero attached hydrogens (tertiary/aromatic N) is 2. The number of halogens is 6. The molecule has 16 heteroatoms. The number of hydrogen-bond acceptors (Lipinski definition) is 6. The van der Waals surface area contributed by atoms with Crippen molar-refractivity contribution in [2.24, 2.45) is 0 Å². The maximum Gasteiger partial charge on any atom is 0.449 e. The van der Waals surface area contributed by atoms with E-state index in [1.54, 1.807) is 0 Å². The molecule has 0 aliphatic carbocycles. The molecule has 2 aromatic carbocycles. The molecule has 1 aromatic heterocycles. The van der Waals surface area contributed by atoms with Gasteiger partial charge in [0, 0.05) is 13.1 Å². The van der Waals surface area contributed by atoms with Crippen molar-refractivity contribution in [1.82, 2.24) is 19.8 Å². The molecule has 1 aliphatic rings. The molecular formula is C21H18F6N4O5S. The molecule has 0 unspecified atom stereocenters. The summed E-state index contributed by atoms with van der Waals surface area (Å²) in [7, 11) is -4.44. The summed E-state index contributed by atoms with van der Waals surface area (Å²) in [6.07, 6.45) is -9.64. The Morgan fingerprint density at radius 1 is 1.03 bits per heavy atom. The van der Waals surface area contributed by atoms with Crippen LogP contribution in [0.5, 0.6) is 5.75 Å². The molecule has 0 bridgehead atoms.